The molecule has 1 aliphatic heterocycles. The van der Waals surface area contributed by atoms with E-state index in [1.165, 1.54) is 18.0 Å². The van der Waals surface area contributed by atoms with Gasteiger partial charge in [-0.15, -0.1) is 0 Å². The van der Waals surface area contributed by atoms with Gasteiger partial charge in [0.05, 0.1) is 31.5 Å². The smallest absolute Gasteiger partial charge is 0.274 e. The number of methoxy groups -OCH3 is 2. The second-order valence-electron chi connectivity index (χ2n) is 5.82. The van der Waals surface area contributed by atoms with Crippen LogP contribution in [0.3, 0.4) is 0 Å². The highest BCUT2D eigenvalue weighted by molar-refractivity contribution is 7.98. The van der Waals surface area contributed by atoms with Gasteiger partial charge in [0.2, 0.25) is 0 Å². The van der Waals surface area contributed by atoms with Crippen LogP contribution >= 0.6 is 23.4 Å². The lowest BCUT2D eigenvalue weighted by atomic mass is 10.0. The van der Waals surface area contributed by atoms with Crippen molar-refractivity contribution in [1.29, 1.82) is 0 Å². The predicted octanol–water partition coefficient (Wildman–Crippen LogP) is 3.85. The zero-order chi connectivity index (χ0) is 18.7. The van der Waals surface area contributed by atoms with Gasteiger partial charge in [-0.3, -0.25) is 4.79 Å². The number of nitrogens with zero attached hydrogens (tertiary/aromatic N) is 3. The number of hydrogen-bond acceptors (Lipinski definition) is 6. The maximum Gasteiger partial charge on any atom is 0.274 e. The van der Waals surface area contributed by atoms with Crippen LogP contribution in [0.15, 0.2) is 29.6 Å². The third kappa shape index (κ3) is 3.59. The minimum Gasteiger partial charge on any atom is -0.497 e. The topological polar surface area (TPSA) is 64.6 Å². The Morgan fingerprint density at radius 3 is 2.85 bits per heavy atom. The Kier molecular flexibility index (Phi) is 5.88. The van der Waals surface area contributed by atoms with Crippen LogP contribution in [0, 0.1) is 0 Å². The van der Waals surface area contributed by atoms with E-state index in [1.807, 2.05) is 24.5 Å². The third-order valence-electron chi connectivity index (χ3n) is 4.42. The molecule has 1 amide bonds. The van der Waals surface area contributed by atoms with E-state index < -0.39 is 0 Å². The number of rotatable bonds is 5. The molecular formula is C18H20ClN3O3S. The molecule has 3 rings (SSSR count). The number of ether oxygens (including phenoxy) is 2. The standard InChI is InChI=1S/C18H20ClN3O3S/c1-24-11-6-7-15(25-2)12(9-11)14-5-4-8-22(14)17(23)16-13(19)10-20-18(21-16)26-3/h6-7,9-10,14H,4-5,8H2,1-3H3/t14-/m1/s1. The lowest BCUT2D eigenvalue weighted by molar-refractivity contribution is 0.0727. The van der Waals surface area contributed by atoms with Crippen LogP contribution < -0.4 is 9.47 Å². The van der Waals surface area contributed by atoms with Gasteiger partial charge < -0.3 is 14.4 Å². The molecule has 0 bridgehead atoms. The highest BCUT2D eigenvalue weighted by Crippen LogP contribution is 2.39. The fourth-order valence-electron chi connectivity index (χ4n) is 3.17. The minimum atomic E-state index is -0.194. The van der Waals surface area contributed by atoms with E-state index in [0.717, 1.165) is 29.9 Å². The number of thioether (sulfide) groups is 1. The summed E-state index contributed by atoms with van der Waals surface area (Å²) in [7, 11) is 3.24. The number of amides is 1. The Balaban J connectivity index is 1.97. The summed E-state index contributed by atoms with van der Waals surface area (Å²) in [6.45, 7) is 0.638. The molecular weight excluding hydrogens is 374 g/mol. The molecule has 1 aliphatic rings. The molecule has 0 N–H and O–H groups in total. The molecule has 1 aromatic heterocycles. The number of halogens is 1. The molecule has 1 saturated heterocycles. The van der Waals surface area contributed by atoms with E-state index in [2.05, 4.69) is 9.97 Å². The van der Waals surface area contributed by atoms with Crippen LogP contribution in [0.5, 0.6) is 11.5 Å². The fraction of sp³-hybridized carbons (Fsp3) is 0.389. The van der Waals surface area contributed by atoms with E-state index in [9.17, 15) is 4.79 Å². The van der Waals surface area contributed by atoms with Crippen molar-refractivity contribution in [1.82, 2.24) is 14.9 Å². The van der Waals surface area contributed by atoms with E-state index in [4.69, 9.17) is 21.1 Å². The fourth-order valence-corrected chi connectivity index (χ4v) is 3.68. The predicted molar refractivity (Wildman–Crippen MR) is 101 cm³/mol. The summed E-state index contributed by atoms with van der Waals surface area (Å²) in [6, 6.07) is 5.51. The van der Waals surface area contributed by atoms with Gasteiger partial charge >= 0.3 is 0 Å². The van der Waals surface area contributed by atoms with Gasteiger partial charge in [-0.05, 0) is 37.3 Å². The Labute approximate surface area is 161 Å². The number of carbonyl (C=O) groups excluding carboxylic acids is 1. The number of likely N-dealkylation sites (tertiary alicyclic amines) is 1. The molecule has 0 aliphatic carbocycles. The minimum absolute atomic E-state index is 0.115. The summed E-state index contributed by atoms with van der Waals surface area (Å²) < 4.78 is 10.8. The molecule has 0 spiro atoms. The summed E-state index contributed by atoms with van der Waals surface area (Å²) in [5.41, 5.74) is 1.16. The molecule has 2 heterocycles. The molecule has 2 aromatic rings. The highest BCUT2D eigenvalue weighted by Gasteiger charge is 2.34. The number of hydrogen-bond donors (Lipinski definition) is 0. The van der Waals surface area contributed by atoms with Crippen molar-refractivity contribution in [3.63, 3.8) is 0 Å². The summed E-state index contributed by atoms with van der Waals surface area (Å²) in [6.07, 6.45) is 5.07. The van der Waals surface area contributed by atoms with Crippen molar-refractivity contribution >= 4 is 29.3 Å². The average molecular weight is 394 g/mol. The molecule has 6 nitrogen and oxygen atoms in total. The first-order valence-electron chi connectivity index (χ1n) is 8.18. The second kappa shape index (κ2) is 8.14. The molecule has 1 atom stereocenters. The summed E-state index contributed by atoms with van der Waals surface area (Å²) in [4.78, 5) is 23.4. The summed E-state index contributed by atoms with van der Waals surface area (Å²) >= 11 is 7.57. The molecule has 8 heteroatoms. The lowest BCUT2D eigenvalue weighted by Gasteiger charge is -2.26. The van der Waals surface area contributed by atoms with Crippen molar-refractivity contribution in [3.8, 4) is 11.5 Å². The second-order valence-corrected chi connectivity index (χ2v) is 7.00. The Bertz CT molecular complexity index is 818. The van der Waals surface area contributed by atoms with Crippen molar-refractivity contribution in [2.75, 3.05) is 27.0 Å². The molecule has 1 fully saturated rings. The molecule has 26 heavy (non-hydrogen) atoms. The maximum atomic E-state index is 13.1. The molecule has 0 saturated carbocycles. The quantitative estimate of drug-likeness (QED) is 0.568. The van der Waals surface area contributed by atoms with Crippen molar-refractivity contribution in [3.05, 3.63) is 40.7 Å². The first kappa shape index (κ1) is 18.8. The van der Waals surface area contributed by atoms with Gasteiger partial charge in [0, 0.05) is 12.1 Å². The van der Waals surface area contributed by atoms with Crippen LogP contribution in [0.25, 0.3) is 0 Å². The molecule has 1 aromatic carbocycles. The summed E-state index contributed by atoms with van der Waals surface area (Å²) in [5.74, 6) is 1.26. The van der Waals surface area contributed by atoms with Crippen molar-refractivity contribution in [2.24, 2.45) is 0 Å². The number of carbonyl (C=O) groups is 1. The maximum absolute atomic E-state index is 13.1. The zero-order valence-electron chi connectivity index (χ0n) is 14.9. The zero-order valence-corrected chi connectivity index (χ0v) is 16.4. The molecule has 0 radical (unpaired) electrons. The first-order valence-corrected chi connectivity index (χ1v) is 9.78. The van der Waals surface area contributed by atoms with Gasteiger partial charge in [-0.1, -0.05) is 23.4 Å². The number of aromatic nitrogens is 2. The van der Waals surface area contributed by atoms with Gasteiger partial charge in [0.25, 0.3) is 5.91 Å². The Morgan fingerprint density at radius 2 is 2.15 bits per heavy atom. The Morgan fingerprint density at radius 1 is 1.35 bits per heavy atom. The normalized spacial score (nSPS) is 16.6. The van der Waals surface area contributed by atoms with Gasteiger partial charge in [-0.25, -0.2) is 9.97 Å². The van der Waals surface area contributed by atoms with Crippen LogP contribution in [-0.4, -0.2) is 47.8 Å². The van der Waals surface area contributed by atoms with Gasteiger partial charge in [0.15, 0.2) is 10.9 Å². The van der Waals surface area contributed by atoms with E-state index in [1.54, 1.807) is 19.1 Å². The van der Waals surface area contributed by atoms with Crippen molar-refractivity contribution < 1.29 is 14.3 Å². The van der Waals surface area contributed by atoms with Crippen molar-refractivity contribution in [2.45, 2.75) is 24.0 Å². The van der Waals surface area contributed by atoms with Crippen LogP contribution in [0.2, 0.25) is 5.02 Å². The average Bonchev–Trinajstić information content (AvgIpc) is 3.17. The summed E-state index contributed by atoms with van der Waals surface area (Å²) in [5, 5.41) is 0.781. The first-order chi connectivity index (χ1) is 12.6. The lowest BCUT2D eigenvalue weighted by Crippen LogP contribution is -2.31. The Hall–Kier alpha value is -1.99. The van der Waals surface area contributed by atoms with Crippen LogP contribution in [-0.2, 0) is 0 Å². The van der Waals surface area contributed by atoms with Crippen LogP contribution in [0.4, 0.5) is 0 Å². The molecule has 138 valence electrons. The van der Waals surface area contributed by atoms with E-state index in [0.29, 0.717) is 11.7 Å². The van der Waals surface area contributed by atoms with E-state index >= 15 is 0 Å². The van der Waals surface area contributed by atoms with Gasteiger partial charge in [0.1, 0.15) is 11.5 Å². The van der Waals surface area contributed by atoms with E-state index in [-0.39, 0.29) is 22.7 Å². The van der Waals surface area contributed by atoms with Crippen LogP contribution in [0.1, 0.15) is 34.9 Å². The van der Waals surface area contributed by atoms with Gasteiger partial charge in [-0.2, -0.15) is 0 Å². The molecule has 0 unspecified atom stereocenters. The SMILES string of the molecule is COc1ccc(OC)c([C@H]2CCCN2C(=O)c2nc(SC)ncc2Cl)c1. The number of benzene rings is 1. The third-order valence-corrected chi connectivity index (χ3v) is 5.26. The largest absolute Gasteiger partial charge is 0.497 e. The monoisotopic (exact) mass is 393 g/mol. The highest BCUT2D eigenvalue weighted by atomic mass is 35.5.